The number of carboxylic acids is 1. The van der Waals surface area contributed by atoms with Crippen molar-refractivity contribution in [2.45, 2.75) is 149 Å². The molecule has 0 aliphatic carbocycles. The Kier molecular flexibility index (Phi) is 19.3. The molecule has 20 atom stereocenters. The topological polar surface area (TPSA) is 443 Å². The normalized spacial score (nSPS) is 37.8. The van der Waals surface area contributed by atoms with Gasteiger partial charge in [0.05, 0.1) is 51.2 Å². The Bertz CT molecular complexity index is 1420. The molecular formula is C33H57N3O24. The maximum atomic E-state index is 12.6. The van der Waals surface area contributed by atoms with E-state index in [1.54, 1.807) is 0 Å². The second-order valence-corrected chi connectivity index (χ2v) is 14.6. The van der Waals surface area contributed by atoms with Crippen molar-refractivity contribution in [3.8, 4) is 0 Å². The summed E-state index contributed by atoms with van der Waals surface area (Å²) in [6.45, 7) is -2.18. The van der Waals surface area contributed by atoms with Crippen molar-refractivity contribution in [1.29, 1.82) is 0 Å². The zero-order chi connectivity index (χ0) is 45.4. The van der Waals surface area contributed by atoms with Crippen LogP contribution in [-0.4, -0.2) is 250 Å². The van der Waals surface area contributed by atoms with Gasteiger partial charge in [-0.05, 0) is 0 Å². The number of ether oxygens (including phenoxy) is 6. The largest absolute Gasteiger partial charge is 0.477 e. The van der Waals surface area contributed by atoms with Gasteiger partial charge in [-0.1, -0.05) is 0 Å². The van der Waals surface area contributed by atoms with E-state index in [1.807, 2.05) is 0 Å². The Labute approximate surface area is 340 Å². The maximum Gasteiger partial charge on any atom is 0.364 e. The van der Waals surface area contributed by atoms with E-state index in [4.69, 9.17) is 28.4 Å². The number of rotatable bonds is 20. The van der Waals surface area contributed by atoms with Crippen LogP contribution in [0.5, 0.6) is 0 Å². The van der Waals surface area contributed by atoms with E-state index in [0.717, 1.165) is 20.8 Å². The third kappa shape index (κ3) is 12.2. The Morgan fingerprint density at radius 2 is 1.32 bits per heavy atom. The summed E-state index contributed by atoms with van der Waals surface area (Å²) < 4.78 is 33.4. The number of aliphatic hydroxyl groups is 13. The van der Waals surface area contributed by atoms with Gasteiger partial charge in [0.25, 0.3) is 5.79 Å². The highest BCUT2D eigenvalue weighted by atomic mass is 16.7. The van der Waals surface area contributed by atoms with E-state index in [2.05, 4.69) is 16.0 Å². The first-order valence-electron chi connectivity index (χ1n) is 18.6. The van der Waals surface area contributed by atoms with E-state index in [1.165, 1.54) is 0 Å². The molecule has 60 heavy (non-hydrogen) atoms. The maximum absolute atomic E-state index is 12.6. The molecule has 3 heterocycles. The molecule has 0 aromatic carbocycles. The molecule has 0 spiro atoms. The quantitative estimate of drug-likeness (QED) is 0.0540. The monoisotopic (exact) mass is 879 g/mol. The van der Waals surface area contributed by atoms with Crippen LogP contribution >= 0.6 is 0 Å². The lowest BCUT2D eigenvalue weighted by Gasteiger charge is -2.48. The molecule has 3 fully saturated rings. The summed E-state index contributed by atoms with van der Waals surface area (Å²) in [4.78, 5) is 48.3. The van der Waals surface area contributed by atoms with Gasteiger partial charge in [0.15, 0.2) is 12.6 Å². The molecule has 3 aliphatic heterocycles. The lowest BCUT2D eigenvalue weighted by molar-refractivity contribution is -0.357. The first-order chi connectivity index (χ1) is 28.1. The summed E-state index contributed by atoms with van der Waals surface area (Å²) in [5.74, 6) is -7.30. The number of carboxylic acid groups (broad SMARTS) is 1. The number of amides is 3. The van der Waals surface area contributed by atoms with Crippen LogP contribution in [0.4, 0.5) is 0 Å². The molecule has 0 aromatic heterocycles. The van der Waals surface area contributed by atoms with Crippen LogP contribution in [0.25, 0.3) is 0 Å². The fourth-order valence-corrected chi connectivity index (χ4v) is 6.95. The Balaban J connectivity index is 1.88. The number of aliphatic carboxylic acids is 1. The molecule has 348 valence electrons. The number of carbonyl (C=O) groups is 4. The molecule has 3 aliphatic rings. The van der Waals surface area contributed by atoms with E-state index in [-0.39, 0.29) is 0 Å². The molecule has 0 saturated carbocycles. The Morgan fingerprint density at radius 3 is 1.83 bits per heavy atom. The average molecular weight is 880 g/mol. The molecule has 0 unspecified atom stereocenters. The second-order valence-electron chi connectivity index (χ2n) is 14.6. The van der Waals surface area contributed by atoms with Crippen molar-refractivity contribution in [1.82, 2.24) is 16.0 Å². The fraction of sp³-hybridized carbons (Fsp3) is 0.879. The van der Waals surface area contributed by atoms with Crippen LogP contribution in [0.3, 0.4) is 0 Å². The zero-order valence-corrected chi connectivity index (χ0v) is 32.6. The van der Waals surface area contributed by atoms with Crippen molar-refractivity contribution in [3.63, 3.8) is 0 Å². The molecule has 0 bridgehead atoms. The standard InChI is InChI=1S/C33H57N3O24/c1-10(41)34-13(5-37)27(22(48)16(46)9-55-33(32(53)54)4-14(44)19(35-11(2)42)29(60-33)21(47)15(45)6-38)58-31-26(52)25(51)28(18(8-40)57-31)59-30-20(36-12(3)43)24(50)23(49)17(7-39)56-30/h13-31,37-40,44-52H,4-9H2,1-3H3,(H,34,41)(H,35,42)(H,36,43)(H,53,54)/t13-,14-,15-,16+,17+,18+,19+,20+,21-,22-,23+,24+,25+,26+,27-,28-,29+,30+,31-,33+/m0/s1. The molecular weight excluding hydrogens is 822 g/mol. The molecule has 3 rings (SSSR count). The van der Waals surface area contributed by atoms with Crippen LogP contribution in [-0.2, 0) is 47.6 Å². The number of aliphatic hydroxyl groups excluding tert-OH is 13. The summed E-state index contributed by atoms with van der Waals surface area (Å²) >= 11 is 0. The van der Waals surface area contributed by atoms with Gasteiger partial charge in [-0.2, -0.15) is 0 Å². The Morgan fingerprint density at radius 1 is 0.733 bits per heavy atom. The highest BCUT2D eigenvalue weighted by molar-refractivity contribution is 5.76. The predicted molar refractivity (Wildman–Crippen MR) is 188 cm³/mol. The average Bonchev–Trinajstić information content (AvgIpc) is 3.19. The lowest BCUT2D eigenvalue weighted by atomic mass is 9.88. The minimum absolute atomic E-state index is 0.730. The molecule has 3 amide bonds. The number of carbonyl (C=O) groups excluding carboxylic acids is 3. The first-order valence-corrected chi connectivity index (χ1v) is 18.6. The van der Waals surface area contributed by atoms with Crippen molar-refractivity contribution < 1.29 is 119 Å². The number of hydrogen-bond donors (Lipinski definition) is 17. The van der Waals surface area contributed by atoms with Gasteiger partial charge in [0, 0.05) is 27.2 Å². The van der Waals surface area contributed by atoms with E-state index in [0.29, 0.717) is 0 Å². The molecule has 3 saturated heterocycles. The molecule has 0 aromatic rings. The smallest absolute Gasteiger partial charge is 0.364 e. The van der Waals surface area contributed by atoms with E-state index >= 15 is 0 Å². The summed E-state index contributed by atoms with van der Waals surface area (Å²) in [5, 5.41) is 154. The van der Waals surface area contributed by atoms with E-state index in [9.17, 15) is 90.7 Å². The summed E-state index contributed by atoms with van der Waals surface area (Å²) in [5.41, 5.74) is 0. The molecule has 17 N–H and O–H groups in total. The van der Waals surface area contributed by atoms with Gasteiger partial charge < -0.3 is 116 Å². The highest BCUT2D eigenvalue weighted by Crippen LogP contribution is 2.35. The summed E-state index contributed by atoms with van der Waals surface area (Å²) in [6, 6.07) is -4.78. The fourth-order valence-electron chi connectivity index (χ4n) is 6.95. The van der Waals surface area contributed by atoms with Gasteiger partial charge in [-0.15, -0.1) is 0 Å². The number of nitrogens with one attached hydrogen (secondary N) is 3. The van der Waals surface area contributed by atoms with Crippen LogP contribution in [0.2, 0.25) is 0 Å². The van der Waals surface area contributed by atoms with Gasteiger partial charge >= 0.3 is 5.97 Å². The first kappa shape index (κ1) is 51.5. The van der Waals surface area contributed by atoms with Crippen LogP contribution < -0.4 is 16.0 Å². The van der Waals surface area contributed by atoms with Crippen molar-refractivity contribution in [3.05, 3.63) is 0 Å². The minimum Gasteiger partial charge on any atom is -0.477 e. The molecule has 27 heteroatoms. The third-order valence-corrected chi connectivity index (χ3v) is 10.0. The SMILES string of the molecule is CC(=O)N[C@H]1[C@@H](O[C@@H]2[C@H](O)[C@@H](O)[C@H](O[C@H]([C@@H](O)[C@H](O)CO[C@]3(C(=O)O)C[C@H](O)[C@@H](NC(C)=O)[C@H]([C@@H](O)[C@@H](O)CO)O3)[C@H](CO)NC(C)=O)O[C@@H]2CO)O[C@H](CO)[C@@H](O)[C@@H]1O. The van der Waals surface area contributed by atoms with Crippen molar-refractivity contribution in [2.75, 3.05) is 33.0 Å². The van der Waals surface area contributed by atoms with Crippen LogP contribution in [0.15, 0.2) is 0 Å². The predicted octanol–water partition coefficient (Wildman–Crippen LogP) is -10.5. The van der Waals surface area contributed by atoms with Gasteiger partial charge in [-0.3, -0.25) is 14.4 Å². The molecule has 27 nitrogen and oxygen atoms in total. The lowest BCUT2D eigenvalue weighted by Crippen LogP contribution is -2.68. The second kappa shape index (κ2) is 22.5. The van der Waals surface area contributed by atoms with Crippen molar-refractivity contribution in [2.24, 2.45) is 0 Å². The van der Waals surface area contributed by atoms with Gasteiger partial charge in [0.1, 0.15) is 85.4 Å². The van der Waals surface area contributed by atoms with Gasteiger partial charge in [-0.25, -0.2) is 4.79 Å². The third-order valence-electron chi connectivity index (χ3n) is 10.0. The summed E-state index contributed by atoms with van der Waals surface area (Å²) in [6.07, 6.45) is -32.4. The molecule has 0 radical (unpaired) electrons. The van der Waals surface area contributed by atoms with E-state index < -0.39 is 185 Å². The zero-order valence-electron chi connectivity index (χ0n) is 32.6. The minimum atomic E-state index is -2.98. The van der Waals surface area contributed by atoms with Crippen molar-refractivity contribution >= 4 is 23.7 Å². The van der Waals surface area contributed by atoms with Crippen LogP contribution in [0, 0.1) is 0 Å². The number of hydrogen-bond acceptors (Lipinski definition) is 23. The van der Waals surface area contributed by atoms with Gasteiger partial charge in [0.2, 0.25) is 17.7 Å². The highest BCUT2D eigenvalue weighted by Gasteiger charge is 2.57. The Hall–Kier alpha value is -2.88. The summed E-state index contributed by atoms with van der Waals surface area (Å²) in [7, 11) is 0. The van der Waals surface area contributed by atoms with Crippen LogP contribution in [0.1, 0.15) is 27.2 Å².